The average molecular weight is 291 g/mol. The molecule has 0 fully saturated rings. The second-order valence-corrected chi connectivity index (χ2v) is 5.09. The number of hydrogen-bond acceptors (Lipinski definition) is 4. The Morgan fingerprint density at radius 2 is 2.00 bits per heavy atom. The van der Waals surface area contributed by atoms with Gasteiger partial charge in [0, 0.05) is 19.5 Å². The Balaban J connectivity index is 2.18. The van der Waals surface area contributed by atoms with Gasteiger partial charge in [-0.15, -0.1) is 0 Å². The van der Waals surface area contributed by atoms with Gasteiger partial charge in [-0.05, 0) is 12.0 Å². The number of hydrogen-bond donors (Lipinski definition) is 1. The van der Waals surface area contributed by atoms with Crippen LogP contribution in [0.1, 0.15) is 44.6 Å². The van der Waals surface area contributed by atoms with Crippen molar-refractivity contribution >= 4 is 12.3 Å². The topological polar surface area (TPSA) is 55.4 Å². The summed E-state index contributed by atoms with van der Waals surface area (Å²) in [7, 11) is 0. The summed E-state index contributed by atoms with van der Waals surface area (Å²) >= 11 is 0. The Hall–Kier alpha value is -1.68. The Morgan fingerprint density at radius 1 is 1.24 bits per heavy atom. The summed E-state index contributed by atoms with van der Waals surface area (Å²) < 4.78 is 5.15. The van der Waals surface area contributed by atoms with Crippen LogP contribution in [0.5, 0.6) is 0 Å². The Labute approximate surface area is 126 Å². The van der Waals surface area contributed by atoms with Gasteiger partial charge in [0.05, 0.1) is 0 Å². The molecule has 0 spiro atoms. The lowest BCUT2D eigenvalue weighted by molar-refractivity contribution is -0.151. The lowest BCUT2D eigenvalue weighted by Gasteiger charge is -2.13. The van der Waals surface area contributed by atoms with Gasteiger partial charge in [0.1, 0.15) is 0 Å². The second kappa shape index (κ2) is 11.0. The lowest BCUT2D eigenvalue weighted by atomic mass is 10.1. The van der Waals surface area contributed by atoms with Crippen LogP contribution in [0.15, 0.2) is 30.3 Å². The highest BCUT2D eigenvalue weighted by molar-refractivity contribution is 5.72. The van der Waals surface area contributed by atoms with Gasteiger partial charge in [0.2, 0.25) is 0 Å². The minimum atomic E-state index is -0.701. The summed E-state index contributed by atoms with van der Waals surface area (Å²) in [5, 5.41) is 3.13. The van der Waals surface area contributed by atoms with E-state index in [0.29, 0.717) is 25.8 Å². The number of aldehydes is 1. The third-order valence-corrected chi connectivity index (χ3v) is 3.19. The van der Waals surface area contributed by atoms with E-state index in [9.17, 15) is 9.59 Å². The molecule has 0 saturated carbocycles. The predicted octanol–water partition coefficient (Wildman–Crippen LogP) is 2.86. The minimum absolute atomic E-state index is 0.287. The monoisotopic (exact) mass is 291 g/mol. The summed E-state index contributed by atoms with van der Waals surface area (Å²) in [5.41, 5.74) is 1.13. The maximum absolute atomic E-state index is 11.6. The first kappa shape index (κ1) is 17.4. The zero-order chi connectivity index (χ0) is 15.3. The van der Waals surface area contributed by atoms with E-state index in [1.807, 2.05) is 30.3 Å². The van der Waals surface area contributed by atoms with Crippen LogP contribution in [0.25, 0.3) is 0 Å². The molecule has 1 unspecified atom stereocenters. The highest BCUT2D eigenvalue weighted by Gasteiger charge is 2.12. The van der Waals surface area contributed by atoms with E-state index in [2.05, 4.69) is 12.2 Å². The molecular formula is C17H25NO3. The normalized spacial score (nSPS) is 11.9. The molecule has 0 aliphatic carbocycles. The number of esters is 1. The van der Waals surface area contributed by atoms with Crippen molar-refractivity contribution in [3.63, 3.8) is 0 Å². The van der Waals surface area contributed by atoms with Gasteiger partial charge in [-0.2, -0.15) is 0 Å². The van der Waals surface area contributed by atoms with Crippen molar-refractivity contribution in [1.82, 2.24) is 5.32 Å². The zero-order valence-electron chi connectivity index (χ0n) is 12.7. The molecule has 0 aliphatic heterocycles. The van der Waals surface area contributed by atoms with E-state index in [1.165, 1.54) is 0 Å². The molecule has 0 aromatic heterocycles. The minimum Gasteiger partial charge on any atom is -0.453 e. The molecule has 1 aromatic rings. The van der Waals surface area contributed by atoms with Crippen molar-refractivity contribution in [2.24, 2.45) is 0 Å². The molecule has 0 saturated heterocycles. The van der Waals surface area contributed by atoms with Crippen molar-refractivity contribution in [2.75, 3.05) is 6.54 Å². The van der Waals surface area contributed by atoms with E-state index in [1.54, 1.807) is 0 Å². The summed E-state index contributed by atoms with van der Waals surface area (Å²) in [5.74, 6) is -0.287. The summed E-state index contributed by atoms with van der Waals surface area (Å²) in [6.45, 7) is 3.12. The van der Waals surface area contributed by atoms with Crippen molar-refractivity contribution in [3.8, 4) is 0 Å². The molecule has 1 N–H and O–H groups in total. The predicted molar refractivity (Wildman–Crippen MR) is 82.9 cm³/mol. The van der Waals surface area contributed by atoms with Gasteiger partial charge in [0.15, 0.2) is 12.4 Å². The molecule has 4 nitrogen and oxygen atoms in total. The third-order valence-electron chi connectivity index (χ3n) is 3.19. The fourth-order valence-corrected chi connectivity index (χ4v) is 2.00. The van der Waals surface area contributed by atoms with Crippen LogP contribution in [-0.2, 0) is 20.9 Å². The maximum atomic E-state index is 11.6. The molecular weight excluding hydrogens is 266 g/mol. The highest BCUT2D eigenvalue weighted by atomic mass is 16.5. The zero-order valence-corrected chi connectivity index (χ0v) is 12.7. The first-order chi connectivity index (χ1) is 10.3. The van der Waals surface area contributed by atoms with Crippen molar-refractivity contribution in [3.05, 3.63) is 35.9 Å². The van der Waals surface area contributed by atoms with Crippen LogP contribution >= 0.6 is 0 Å². The Morgan fingerprint density at radius 3 is 2.67 bits per heavy atom. The van der Waals surface area contributed by atoms with Crippen molar-refractivity contribution < 1.29 is 14.3 Å². The molecule has 1 rings (SSSR count). The van der Waals surface area contributed by atoms with Gasteiger partial charge in [-0.1, -0.05) is 56.5 Å². The second-order valence-electron chi connectivity index (χ2n) is 5.09. The fourth-order valence-electron chi connectivity index (χ4n) is 2.00. The molecule has 1 atom stereocenters. The summed E-state index contributed by atoms with van der Waals surface area (Å²) in [6, 6.07) is 9.89. The van der Waals surface area contributed by atoms with Crippen LogP contribution in [0.3, 0.4) is 0 Å². The van der Waals surface area contributed by atoms with Gasteiger partial charge >= 0.3 is 5.97 Å². The van der Waals surface area contributed by atoms with E-state index in [0.717, 1.165) is 31.2 Å². The molecule has 0 bridgehead atoms. The molecule has 0 amide bonds. The molecule has 0 aliphatic rings. The van der Waals surface area contributed by atoms with Crippen LogP contribution in [0.4, 0.5) is 0 Å². The van der Waals surface area contributed by atoms with Gasteiger partial charge in [-0.3, -0.25) is 9.59 Å². The van der Waals surface area contributed by atoms with E-state index in [-0.39, 0.29) is 5.97 Å². The maximum Gasteiger partial charge on any atom is 0.306 e. The molecule has 1 aromatic carbocycles. The Kier molecular flexibility index (Phi) is 9.13. The average Bonchev–Trinajstić information content (AvgIpc) is 2.51. The largest absolute Gasteiger partial charge is 0.453 e. The van der Waals surface area contributed by atoms with Crippen molar-refractivity contribution in [2.45, 2.75) is 51.7 Å². The van der Waals surface area contributed by atoms with E-state index >= 15 is 0 Å². The molecule has 21 heavy (non-hydrogen) atoms. The van der Waals surface area contributed by atoms with Gasteiger partial charge in [-0.25, -0.2) is 0 Å². The van der Waals surface area contributed by atoms with Gasteiger partial charge < -0.3 is 10.1 Å². The lowest BCUT2D eigenvalue weighted by Crippen LogP contribution is -2.32. The number of rotatable bonds is 11. The highest BCUT2D eigenvalue weighted by Crippen LogP contribution is 2.04. The molecule has 116 valence electrons. The fraction of sp³-hybridized carbons (Fsp3) is 0.529. The molecule has 0 heterocycles. The third kappa shape index (κ3) is 8.25. The van der Waals surface area contributed by atoms with Crippen LogP contribution in [-0.4, -0.2) is 24.9 Å². The number of carbonyl (C=O) groups excluding carboxylic acids is 2. The Bertz CT molecular complexity index is 406. The quantitative estimate of drug-likeness (QED) is 0.387. The smallest absolute Gasteiger partial charge is 0.306 e. The molecule has 0 radical (unpaired) electrons. The summed E-state index contributed by atoms with van der Waals surface area (Å²) in [4.78, 5) is 22.5. The first-order valence-electron chi connectivity index (χ1n) is 7.65. The van der Waals surface area contributed by atoms with Gasteiger partial charge in [0.25, 0.3) is 0 Å². The SMILES string of the molecule is CCCCCCC(=O)OC(C=O)CNCc1ccccc1. The number of nitrogens with one attached hydrogen (secondary N) is 1. The number of unbranched alkanes of at least 4 members (excludes halogenated alkanes) is 3. The number of ether oxygens (including phenoxy) is 1. The number of benzene rings is 1. The first-order valence-corrected chi connectivity index (χ1v) is 7.65. The van der Waals surface area contributed by atoms with Crippen LogP contribution in [0, 0.1) is 0 Å². The van der Waals surface area contributed by atoms with E-state index in [4.69, 9.17) is 4.74 Å². The standard InChI is InChI=1S/C17H25NO3/c1-2-3-4-8-11-17(20)21-16(14-19)13-18-12-15-9-6-5-7-10-15/h5-7,9-10,14,16,18H,2-4,8,11-13H2,1H3. The van der Waals surface area contributed by atoms with Crippen molar-refractivity contribution in [1.29, 1.82) is 0 Å². The summed E-state index contributed by atoms with van der Waals surface area (Å²) in [6.07, 6.45) is 4.50. The molecule has 4 heteroatoms. The van der Waals surface area contributed by atoms with Crippen LogP contribution < -0.4 is 5.32 Å². The number of carbonyl (C=O) groups is 2. The van der Waals surface area contributed by atoms with E-state index < -0.39 is 6.10 Å². The van der Waals surface area contributed by atoms with Crippen LogP contribution in [0.2, 0.25) is 0 Å².